The Morgan fingerprint density at radius 2 is 1.93 bits per heavy atom. The van der Waals surface area contributed by atoms with E-state index < -0.39 is 0 Å². The van der Waals surface area contributed by atoms with Gasteiger partial charge in [0, 0.05) is 17.2 Å². The summed E-state index contributed by atoms with van der Waals surface area (Å²) in [5.41, 5.74) is 2.81. The van der Waals surface area contributed by atoms with E-state index in [0.717, 1.165) is 16.1 Å². The number of anilines is 1. The Hall–Kier alpha value is -3.13. The summed E-state index contributed by atoms with van der Waals surface area (Å²) in [6, 6.07) is 11.1. The molecule has 4 rings (SSSR count). The van der Waals surface area contributed by atoms with Crippen LogP contribution in [0.5, 0.6) is 17.2 Å². The van der Waals surface area contributed by atoms with E-state index >= 15 is 0 Å². The molecule has 150 valence electrons. The Kier molecular flexibility index (Phi) is 5.35. The lowest BCUT2D eigenvalue weighted by Gasteiger charge is -2.20. The molecule has 1 aliphatic heterocycles. The van der Waals surface area contributed by atoms with Crippen molar-refractivity contribution < 1.29 is 19.0 Å². The number of nitrogens with zero attached hydrogens (tertiary/aromatic N) is 2. The molecular formula is C21H21N3O4S. The molecule has 0 bridgehead atoms. The quantitative estimate of drug-likeness (QED) is 0.641. The molecule has 3 aromatic rings. The number of carbonyl (C=O) groups is 1. The molecule has 8 heteroatoms. The van der Waals surface area contributed by atoms with Crippen LogP contribution in [0.15, 0.2) is 47.5 Å². The van der Waals surface area contributed by atoms with E-state index in [2.05, 4.69) is 10.4 Å². The summed E-state index contributed by atoms with van der Waals surface area (Å²) in [5.74, 6) is 1.69. The number of methoxy groups -OCH3 is 1. The fourth-order valence-corrected chi connectivity index (χ4v) is 3.64. The van der Waals surface area contributed by atoms with Crippen molar-refractivity contribution in [1.82, 2.24) is 9.78 Å². The van der Waals surface area contributed by atoms with Gasteiger partial charge in [0.05, 0.1) is 12.8 Å². The number of hydrogen-bond acceptors (Lipinski definition) is 6. The molecule has 0 spiro atoms. The number of fused-ring (bicyclic) bond motifs is 1. The first-order chi connectivity index (χ1) is 14.1. The average Bonchev–Trinajstić information content (AvgIpc) is 3.23. The van der Waals surface area contributed by atoms with Crippen LogP contribution in [0.2, 0.25) is 0 Å². The number of ether oxygens (including phenoxy) is 3. The van der Waals surface area contributed by atoms with Gasteiger partial charge >= 0.3 is 0 Å². The van der Waals surface area contributed by atoms with E-state index in [9.17, 15) is 4.79 Å². The predicted octanol–water partition coefficient (Wildman–Crippen LogP) is 3.93. The van der Waals surface area contributed by atoms with Gasteiger partial charge in [0.15, 0.2) is 17.2 Å². The smallest absolute Gasteiger partial charge is 0.276 e. The van der Waals surface area contributed by atoms with Crippen molar-refractivity contribution in [2.24, 2.45) is 0 Å². The summed E-state index contributed by atoms with van der Waals surface area (Å²) >= 11 is 1.52. The molecule has 0 aliphatic carbocycles. The molecule has 1 N–H and O–H groups in total. The minimum absolute atomic E-state index is 0.301. The van der Waals surface area contributed by atoms with E-state index in [0.29, 0.717) is 41.8 Å². The maximum Gasteiger partial charge on any atom is 0.276 e. The molecule has 0 saturated carbocycles. The molecule has 29 heavy (non-hydrogen) atoms. The third-order valence-corrected chi connectivity index (χ3v) is 5.29. The van der Waals surface area contributed by atoms with Crippen LogP contribution in [-0.2, 0) is 0 Å². The van der Waals surface area contributed by atoms with E-state index in [1.54, 1.807) is 30.1 Å². The highest BCUT2D eigenvalue weighted by Crippen LogP contribution is 2.39. The number of thioether (sulfide) groups is 1. The van der Waals surface area contributed by atoms with E-state index in [4.69, 9.17) is 14.2 Å². The van der Waals surface area contributed by atoms with Gasteiger partial charge in [0.25, 0.3) is 5.91 Å². The Bertz CT molecular complexity index is 1060. The molecule has 1 aromatic heterocycles. The summed E-state index contributed by atoms with van der Waals surface area (Å²) < 4.78 is 18.3. The first kappa shape index (κ1) is 19.2. The van der Waals surface area contributed by atoms with E-state index in [1.807, 2.05) is 37.4 Å². The second-order valence-electron chi connectivity index (χ2n) is 6.47. The second kappa shape index (κ2) is 8.08. The van der Waals surface area contributed by atoms with E-state index in [-0.39, 0.29) is 5.91 Å². The number of aromatic nitrogens is 2. The molecule has 0 saturated heterocycles. The van der Waals surface area contributed by atoms with Crippen LogP contribution in [0, 0.1) is 6.92 Å². The minimum Gasteiger partial charge on any atom is -0.494 e. The van der Waals surface area contributed by atoms with Crippen LogP contribution in [0.4, 0.5) is 5.69 Å². The molecule has 1 amide bonds. The molecular weight excluding hydrogens is 390 g/mol. The first-order valence-electron chi connectivity index (χ1n) is 9.08. The number of carbonyl (C=O) groups excluding carboxylic acids is 1. The SMILES string of the molecule is COc1ccc(C)cc1-n1ccc(C(=O)Nc2cc3c(cc2SC)OCCO3)n1. The van der Waals surface area contributed by atoms with Gasteiger partial charge < -0.3 is 19.5 Å². The maximum absolute atomic E-state index is 12.8. The van der Waals surface area contributed by atoms with Gasteiger partial charge in [-0.3, -0.25) is 4.79 Å². The molecule has 1 aliphatic rings. The first-order valence-corrected chi connectivity index (χ1v) is 10.3. The van der Waals surface area contributed by atoms with Gasteiger partial charge in [-0.2, -0.15) is 5.10 Å². The van der Waals surface area contributed by atoms with Crippen LogP contribution in [0.3, 0.4) is 0 Å². The van der Waals surface area contributed by atoms with Gasteiger partial charge in [-0.25, -0.2) is 4.68 Å². The number of rotatable bonds is 5. The number of amides is 1. The normalized spacial score (nSPS) is 12.5. The van der Waals surface area contributed by atoms with Crippen LogP contribution in [0.25, 0.3) is 5.69 Å². The number of aryl methyl sites for hydroxylation is 1. The van der Waals surface area contributed by atoms with Crippen LogP contribution in [-0.4, -0.2) is 42.3 Å². The summed E-state index contributed by atoms with van der Waals surface area (Å²) in [6.45, 7) is 3.00. The van der Waals surface area contributed by atoms with Crippen LogP contribution >= 0.6 is 11.8 Å². The van der Waals surface area contributed by atoms with Crippen LogP contribution < -0.4 is 19.5 Å². The highest BCUT2D eigenvalue weighted by Gasteiger charge is 2.19. The zero-order valence-corrected chi connectivity index (χ0v) is 17.2. The second-order valence-corrected chi connectivity index (χ2v) is 7.32. The average molecular weight is 411 g/mol. The van der Waals surface area contributed by atoms with E-state index in [1.165, 1.54) is 11.8 Å². The lowest BCUT2D eigenvalue weighted by atomic mass is 10.2. The Balaban J connectivity index is 1.60. The minimum atomic E-state index is -0.303. The van der Waals surface area contributed by atoms with Gasteiger partial charge in [0.1, 0.15) is 24.7 Å². The summed E-state index contributed by atoms with van der Waals surface area (Å²) in [5, 5.41) is 7.36. The van der Waals surface area contributed by atoms with Crippen LogP contribution in [0.1, 0.15) is 16.1 Å². The summed E-state index contributed by atoms with van der Waals surface area (Å²) in [4.78, 5) is 13.7. The topological polar surface area (TPSA) is 74.6 Å². The molecule has 0 radical (unpaired) electrons. The van der Waals surface area contributed by atoms with Crippen molar-refractivity contribution in [2.75, 3.05) is 31.9 Å². The zero-order chi connectivity index (χ0) is 20.4. The lowest BCUT2D eigenvalue weighted by Crippen LogP contribution is -2.17. The Morgan fingerprint density at radius 1 is 1.17 bits per heavy atom. The van der Waals surface area contributed by atoms with Crippen molar-refractivity contribution in [3.8, 4) is 22.9 Å². The van der Waals surface area contributed by atoms with Crippen molar-refractivity contribution in [2.45, 2.75) is 11.8 Å². The van der Waals surface area contributed by atoms with Gasteiger partial charge in [-0.05, 0) is 43.0 Å². The number of nitrogens with one attached hydrogen (secondary N) is 1. The highest BCUT2D eigenvalue weighted by atomic mass is 32.2. The highest BCUT2D eigenvalue weighted by molar-refractivity contribution is 7.98. The van der Waals surface area contributed by atoms with Gasteiger partial charge in [0.2, 0.25) is 0 Å². The molecule has 2 heterocycles. The standard InChI is InChI=1S/C21H21N3O4S/c1-13-4-5-17(26-2)16(10-13)24-7-6-14(23-24)21(25)22-15-11-18-19(12-20(15)29-3)28-9-8-27-18/h4-7,10-12H,8-9H2,1-3H3,(H,22,25). The lowest BCUT2D eigenvalue weighted by molar-refractivity contribution is 0.102. The third kappa shape index (κ3) is 3.88. The zero-order valence-electron chi connectivity index (χ0n) is 16.4. The fourth-order valence-electron chi connectivity index (χ4n) is 3.08. The molecule has 0 atom stereocenters. The monoisotopic (exact) mass is 411 g/mol. The molecule has 7 nitrogen and oxygen atoms in total. The molecule has 0 fully saturated rings. The van der Waals surface area contributed by atoms with Gasteiger partial charge in [-0.15, -0.1) is 11.8 Å². The number of benzene rings is 2. The molecule has 0 unspecified atom stereocenters. The van der Waals surface area contributed by atoms with Gasteiger partial charge in [-0.1, -0.05) is 6.07 Å². The fraction of sp³-hybridized carbons (Fsp3) is 0.238. The van der Waals surface area contributed by atoms with Crippen molar-refractivity contribution >= 4 is 23.4 Å². The maximum atomic E-state index is 12.8. The Labute approximate surface area is 173 Å². The van der Waals surface area contributed by atoms with Crippen molar-refractivity contribution in [1.29, 1.82) is 0 Å². The number of hydrogen-bond donors (Lipinski definition) is 1. The molecule has 2 aromatic carbocycles. The Morgan fingerprint density at radius 3 is 2.66 bits per heavy atom. The summed E-state index contributed by atoms with van der Waals surface area (Å²) in [6.07, 6.45) is 3.69. The van der Waals surface area contributed by atoms with Crippen molar-refractivity contribution in [3.63, 3.8) is 0 Å². The largest absolute Gasteiger partial charge is 0.494 e. The summed E-state index contributed by atoms with van der Waals surface area (Å²) in [7, 11) is 1.61. The van der Waals surface area contributed by atoms with Crippen molar-refractivity contribution in [3.05, 3.63) is 53.9 Å². The third-order valence-electron chi connectivity index (χ3n) is 4.52. The predicted molar refractivity (Wildman–Crippen MR) is 112 cm³/mol.